The molecule has 0 atom stereocenters. The molecule has 0 unspecified atom stereocenters. The highest BCUT2D eigenvalue weighted by Gasteiger charge is 2.33. The molecule has 1 aliphatic rings. The molecule has 10 heteroatoms. The van der Waals surface area contributed by atoms with Crippen molar-refractivity contribution in [2.75, 3.05) is 13.1 Å². The zero-order valence-electron chi connectivity index (χ0n) is 17.5. The minimum absolute atomic E-state index is 0.0460. The Labute approximate surface area is 197 Å². The van der Waals surface area contributed by atoms with Crippen molar-refractivity contribution in [1.82, 2.24) is 14.9 Å². The largest absolute Gasteiger partial charge is 0.457 e. The zero-order chi connectivity index (χ0) is 23.4. The van der Waals surface area contributed by atoms with E-state index in [0.29, 0.717) is 28.8 Å². The summed E-state index contributed by atoms with van der Waals surface area (Å²) in [5, 5.41) is 0.157. The molecule has 1 aromatic heterocycles. The van der Waals surface area contributed by atoms with Crippen LogP contribution in [0.25, 0.3) is 0 Å². The van der Waals surface area contributed by atoms with Gasteiger partial charge in [-0.2, -0.15) is 18.2 Å². The number of hydrogen-bond donors (Lipinski definition) is 1. The molecule has 0 radical (unpaired) electrons. The number of H-pyrrole nitrogens is 1. The third kappa shape index (κ3) is 6.31. The van der Waals surface area contributed by atoms with E-state index in [4.69, 9.17) is 16.3 Å². The fourth-order valence-electron chi connectivity index (χ4n) is 3.50. The number of ether oxygens (including phenoxy) is 1. The van der Waals surface area contributed by atoms with Gasteiger partial charge < -0.3 is 9.72 Å². The zero-order valence-corrected chi connectivity index (χ0v) is 19.1. The number of alkyl halides is 3. The summed E-state index contributed by atoms with van der Waals surface area (Å²) in [6.45, 7) is 2.64. The number of aromatic nitrogens is 2. The van der Waals surface area contributed by atoms with Gasteiger partial charge in [0.05, 0.1) is 10.6 Å². The van der Waals surface area contributed by atoms with Crippen molar-refractivity contribution in [2.24, 2.45) is 0 Å². The monoisotopic (exact) mass is 495 g/mol. The number of rotatable bonds is 7. The predicted molar refractivity (Wildman–Crippen MR) is 122 cm³/mol. The van der Waals surface area contributed by atoms with E-state index in [0.717, 1.165) is 43.6 Å². The molecular formula is C23H21ClF3N3O2S. The van der Waals surface area contributed by atoms with Crippen LogP contribution in [0.5, 0.6) is 11.5 Å². The van der Waals surface area contributed by atoms with Gasteiger partial charge in [-0.1, -0.05) is 35.5 Å². The number of halogens is 4. The van der Waals surface area contributed by atoms with Gasteiger partial charge in [0.15, 0.2) is 5.16 Å². The van der Waals surface area contributed by atoms with Crippen molar-refractivity contribution < 1.29 is 17.9 Å². The molecule has 1 fully saturated rings. The second-order valence-corrected chi connectivity index (χ2v) is 9.06. The average molecular weight is 496 g/mol. The van der Waals surface area contributed by atoms with Gasteiger partial charge in [-0.15, -0.1) is 0 Å². The summed E-state index contributed by atoms with van der Waals surface area (Å²) in [4.78, 5) is 21.8. The van der Waals surface area contributed by atoms with E-state index < -0.39 is 11.7 Å². The number of nitrogens with one attached hydrogen (secondary N) is 1. The Hall–Kier alpha value is -2.49. The van der Waals surface area contributed by atoms with Crippen LogP contribution in [-0.2, 0) is 18.5 Å². The Morgan fingerprint density at radius 3 is 2.45 bits per heavy atom. The Morgan fingerprint density at radius 2 is 1.79 bits per heavy atom. The maximum atomic E-state index is 13.0. The van der Waals surface area contributed by atoms with Gasteiger partial charge in [-0.05, 0) is 61.8 Å². The van der Waals surface area contributed by atoms with Crippen LogP contribution in [0, 0.1) is 0 Å². The van der Waals surface area contributed by atoms with Crippen molar-refractivity contribution in [3.8, 4) is 11.5 Å². The van der Waals surface area contributed by atoms with Gasteiger partial charge in [0.25, 0.3) is 5.56 Å². The van der Waals surface area contributed by atoms with Crippen molar-refractivity contribution in [2.45, 2.75) is 36.5 Å². The highest BCUT2D eigenvalue weighted by Crippen LogP contribution is 2.37. The number of hydrogen-bond acceptors (Lipinski definition) is 5. The van der Waals surface area contributed by atoms with Gasteiger partial charge in [0.2, 0.25) is 0 Å². The van der Waals surface area contributed by atoms with Crippen LogP contribution < -0.4 is 10.3 Å². The minimum atomic E-state index is -4.56. The van der Waals surface area contributed by atoms with Crippen LogP contribution in [-0.4, -0.2) is 28.0 Å². The van der Waals surface area contributed by atoms with Crippen molar-refractivity contribution >= 4 is 23.4 Å². The van der Waals surface area contributed by atoms with Crippen LogP contribution >= 0.6 is 23.4 Å². The van der Waals surface area contributed by atoms with Crippen LogP contribution in [0.1, 0.15) is 29.5 Å². The van der Waals surface area contributed by atoms with E-state index in [2.05, 4.69) is 14.9 Å². The summed E-state index contributed by atoms with van der Waals surface area (Å²) < 4.78 is 44.6. The first kappa shape index (κ1) is 23.7. The molecule has 1 N–H and O–H groups in total. The van der Waals surface area contributed by atoms with Crippen molar-refractivity contribution in [3.05, 3.63) is 80.7 Å². The van der Waals surface area contributed by atoms with E-state index in [1.54, 1.807) is 18.3 Å². The van der Waals surface area contributed by atoms with E-state index in [1.807, 2.05) is 12.1 Å². The molecule has 0 saturated carbocycles. The standard InChI is InChI=1S/C23H21ClF3N3O2S/c24-20-8-7-18(11-19(20)23(25,26)27)32-17-5-3-15(4-6-17)14-33-22-28-12-16(21(31)29-22)13-30-9-1-2-10-30/h3-8,11-12H,1-2,9-10,13-14H2,(H,28,29,31). The number of likely N-dealkylation sites (tertiary alicyclic amines) is 1. The lowest BCUT2D eigenvalue weighted by Gasteiger charge is -2.13. The lowest BCUT2D eigenvalue weighted by Crippen LogP contribution is -2.24. The SMILES string of the molecule is O=c1nc(SCc2ccc(Oc3ccc(Cl)c(C(F)(F)F)c3)cc2)[nH]cc1CN1CCCC1. The molecule has 3 aromatic rings. The van der Waals surface area contributed by atoms with Crippen LogP contribution in [0.3, 0.4) is 0 Å². The second kappa shape index (κ2) is 10.2. The predicted octanol–water partition coefficient (Wildman–Crippen LogP) is 6.12. The molecular weight excluding hydrogens is 475 g/mol. The summed E-state index contributed by atoms with van der Waals surface area (Å²) in [6, 6.07) is 10.4. The fraction of sp³-hybridized carbons (Fsp3) is 0.304. The Balaban J connectivity index is 1.34. The van der Waals surface area contributed by atoms with E-state index in [-0.39, 0.29) is 16.3 Å². The van der Waals surface area contributed by atoms with Gasteiger partial charge in [-0.25, -0.2) is 0 Å². The smallest absolute Gasteiger partial charge is 0.417 e. The second-order valence-electron chi connectivity index (χ2n) is 7.69. The lowest BCUT2D eigenvalue weighted by atomic mass is 10.2. The van der Waals surface area contributed by atoms with E-state index in [1.165, 1.54) is 17.8 Å². The lowest BCUT2D eigenvalue weighted by molar-refractivity contribution is -0.137. The molecule has 0 bridgehead atoms. The molecule has 1 aliphatic heterocycles. The van der Waals surface area contributed by atoms with Crippen LogP contribution in [0.15, 0.2) is 58.6 Å². The summed E-state index contributed by atoms with van der Waals surface area (Å²) in [5.74, 6) is 1.01. The maximum absolute atomic E-state index is 13.0. The molecule has 0 aliphatic carbocycles. The molecule has 2 aromatic carbocycles. The van der Waals surface area contributed by atoms with Gasteiger partial charge in [0.1, 0.15) is 11.5 Å². The van der Waals surface area contributed by atoms with Gasteiger partial charge in [-0.3, -0.25) is 9.69 Å². The van der Waals surface area contributed by atoms with Gasteiger partial charge in [0, 0.05) is 24.1 Å². The quantitative estimate of drug-likeness (QED) is 0.316. The third-order valence-corrected chi connectivity index (χ3v) is 6.51. The topological polar surface area (TPSA) is 58.2 Å². The Kier molecular flexibility index (Phi) is 7.31. The molecule has 174 valence electrons. The number of aromatic amines is 1. The molecule has 4 rings (SSSR count). The van der Waals surface area contributed by atoms with Crippen molar-refractivity contribution in [3.63, 3.8) is 0 Å². The molecule has 0 amide bonds. The number of benzene rings is 2. The Morgan fingerprint density at radius 1 is 1.09 bits per heavy atom. The highest BCUT2D eigenvalue weighted by atomic mass is 35.5. The van der Waals surface area contributed by atoms with Crippen molar-refractivity contribution in [1.29, 1.82) is 0 Å². The summed E-state index contributed by atoms with van der Waals surface area (Å²) in [7, 11) is 0. The summed E-state index contributed by atoms with van der Waals surface area (Å²) in [6.07, 6.45) is -0.498. The third-order valence-electron chi connectivity index (χ3n) is 5.22. The van der Waals surface area contributed by atoms with E-state index >= 15 is 0 Å². The van der Waals surface area contributed by atoms with Crippen LogP contribution in [0.4, 0.5) is 13.2 Å². The first-order chi connectivity index (χ1) is 15.8. The first-order valence-corrected chi connectivity index (χ1v) is 11.7. The normalized spacial score (nSPS) is 14.5. The average Bonchev–Trinajstić information content (AvgIpc) is 3.29. The van der Waals surface area contributed by atoms with Gasteiger partial charge >= 0.3 is 6.18 Å². The van der Waals surface area contributed by atoms with Crippen LogP contribution in [0.2, 0.25) is 5.02 Å². The minimum Gasteiger partial charge on any atom is -0.457 e. The molecule has 2 heterocycles. The molecule has 33 heavy (non-hydrogen) atoms. The number of thioether (sulfide) groups is 1. The molecule has 0 spiro atoms. The summed E-state index contributed by atoms with van der Waals surface area (Å²) in [5.41, 5.74) is 0.456. The highest BCUT2D eigenvalue weighted by molar-refractivity contribution is 7.98. The number of nitrogens with zero attached hydrogens (tertiary/aromatic N) is 2. The Bertz CT molecular complexity index is 1160. The first-order valence-electron chi connectivity index (χ1n) is 10.4. The molecule has 1 saturated heterocycles. The molecule has 5 nitrogen and oxygen atoms in total. The summed E-state index contributed by atoms with van der Waals surface area (Å²) >= 11 is 7.03. The maximum Gasteiger partial charge on any atom is 0.417 e. The fourth-order valence-corrected chi connectivity index (χ4v) is 4.51. The van der Waals surface area contributed by atoms with E-state index in [9.17, 15) is 18.0 Å².